The van der Waals surface area contributed by atoms with Crippen molar-refractivity contribution in [3.8, 4) is 5.75 Å². The van der Waals surface area contributed by atoms with Crippen molar-refractivity contribution < 1.29 is 35.6 Å². The van der Waals surface area contributed by atoms with Gasteiger partial charge in [0, 0.05) is 0 Å². The van der Waals surface area contributed by atoms with Crippen molar-refractivity contribution in [2.75, 3.05) is 29.6 Å². The van der Waals surface area contributed by atoms with E-state index in [1.165, 1.54) is 0 Å². The van der Waals surface area contributed by atoms with Crippen molar-refractivity contribution in [3.63, 3.8) is 0 Å². The Morgan fingerprint density at radius 3 is 2.88 bits per heavy atom. The van der Waals surface area contributed by atoms with E-state index in [1.807, 2.05) is 44.0 Å². The molecule has 0 spiro atoms. The topological polar surface area (TPSA) is 61.8 Å². The molecule has 2 rings (SSSR count). The van der Waals surface area contributed by atoms with E-state index in [9.17, 15) is 9.90 Å². The summed E-state index contributed by atoms with van der Waals surface area (Å²) >= 11 is -0.265. The van der Waals surface area contributed by atoms with Crippen LogP contribution in [0.2, 0.25) is 0 Å². The molecule has 1 aliphatic heterocycles. The number of aliphatic hydroxyl groups excluding tert-OH is 1. The van der Waals surface area contributed by atoms with Crippen molar-refractivity contribution in [2.45, 2.75) is 32.4 Å². The zero-order chi connectivity index (χ0) is 17.7. The number of benzene rings is 1. The van der Waals surface area contributed by atoms with E-state index in [0.717, 1.165) is 21.4 Å². The minimum absolute atomic E-state index is 0.0450. The van der Waals surface area contributed by atoms with Gasteiger partial charge >= 0.3 is 156 Å². The van der Waals surface area contributed by atoms with E-state index in [4.69, 9.17) is 10.4 Å². The summed E-state index contributed by atoms with van der Waals surface area (Å²) in [6.07, 6.45) is 0.598. The monoisotopic (exact) mass is 443 g/mol. The van der Waals surface area contributed by atoms with E-state index < -0.39 is 0 Å². The maximum absolute atomic E-state index is 12.6. The molecule has 2 radical (unpaired) electrons. The normalized spacial score (nSPS) is 21.2. The molecule has 1 aromatic carbocycles. The molecule has 0 saturated carbocycles. The molecule has 1 aliphatic rings. The first-order chi connectivity index (χ1) is 11.5. The van der Waals surface area contributed by atoms with Crippen molar-refractivity contribution in [1.29, 1.82) is 0 Å². The van der Waals surface area contributed by atoms with Crippen LogP contribution in [-0.2, 0) is 11.2 Å². The Kier molecular flexibility index (Phi) is 7.22. The van der Waals surface area contributed by atoms with Gasteiger partial charge in [-0.05, 0) is 0 Å². The number of hydrogen-bond donors (Lipinski definition) is 2. The number of amides is 1. The fourth-order valence-electron chi connectivity index (χ4n) is 3.12. The van der Waals surface area contributed by atoms with Gasteiger partial charge in [0.15, 0.2) is 0 Å². The first-order valence-corrected chi connectivity index (χ1v) is 10.9. The van der Waals surface area contributed by atoms with Gasteiger partial charge in [-0.3, -0.25) is 0 Å². The molecular weight excluding hydrogens is 418 g/mol. The number of nitrogens with one attached hydrogen (secondary N) is 1. The van der Waals surface area contributed by atoms with Crippen molar-refractivity contribution >= 4 is 17.3 Å². The summed E-state index contributed by atoms with van der Waals surface area (Å²) < 4.78 is 6.69. The Balaban J connectivity index is 2.36. The molecule has 0 bridgehead atoms. The van der Waals surface area contributed by atoms with E-state index in [0.29, 0.717) is 13.0 Å². The van der Waals surface area contributed by atoms with Gasteiger partial charge in [-0.2, -0.15) is 0 Å². The molecule has 1 aromatic rings. The number of likely N-dealkylation sites (N-methyl/N-ethyl adjacent to an activating group) is 1. The average Bonchev–Trinajstić information content (AvgIpc) is 2.54. The van der Waals surface area contributed by atoms with Crippen LogP contribution in [0.25, 0.3) is 0 Å². The van der Waals surface area contributed by atoms with Gasteiger partial charge in [-0.25, -0.2) is 0 Å². The van der Waals surface area contributed by atoms with E-state index in [2.05, 4.69) is 5.32 Å². The zero-order valence-corrected chi connectivity index (χ0v) is 16.6. The number of carbonyl (C=O) groups is 1. The molecule has 0 unspecified atom stereocenters. The molecule has 24 heavy (non-hydrogen) atoms. The number of aliphatic hydroxyl groups is 1. The third kappa shape index (κ3) is 4.56. The standard InChI is InChI=1S/C17H25BIN2O3/c1-11(2)16-17(23)20-13(10-22)8-12-4-5-14(24-7-6-19-18)9-15(12)21(16)3/h4-5,9,11,13,16,22H,6-8,10H2,1-3H3,(H,20,23)/q-1/t13-,16-/m1/s1. The average molecular weight is 443 g/mol. The Hall–Kier alpha value is -0.955. The molecule has 0 aromatic heterocycles. The molecular formula is C17H25BIN2O3-. The zero-order valence-electron chi connectivity index (χ0n) is 14.5. The Labute approximate surface area is 155 Å². The first-order valence-electron chi connectivity index (χ1n) is 8.15. The summed E-state index contributed by atoms with van der Waals surface area (Å²) in [6, 6.07) is 5.41. The fraction of sp³-hybridized carbons (Fsp3) is 0.588. The Bertz CT molecular complexity index is 571. The van der Waals surface area contributed by atoms with Crippen LogP contribution >= 0.6 is 0 Å². The fourth-order valence-corrected chi connectivity index (χ4v) is 3.60. The quantitative estimate of drug-likeness (QED) is 0.226. The summed E-state index contributed by atoms with van der Waals surface area (Å²) in [5.74, 6) is 0.894. The second-order valence-corrected chi connectivity index (χ2v) is 8.33. The van der Waals surface area contributed by atoms with Crippen LogP contribution in [0.5, 0.6) is 5.75 Å². The van der Waals surface area contributed by atoms with Crippen LogP contribution in [0.1, 0.15) is 19.4 Å². The molecule has 0 aliphatic carbocycles. The molecule has 1 heterocycles. The van der Waals surface area contributed by atoms with Crippen LogP contribution in [-0.4, -0.2) is 53.5 Å². The summed E-state index contributed by atoms with van der Waals surface area (Å²) in [4.78, 5) is 14.6. The van der Waals surface area contributed by atoms with Gasteiger partial charge in [-0.1, -0.05) is 0 Å². The van der Waals surface area contributed by atoms with Crippen LogP contribution in [0.4, 0.5) is 5.69 Å². The minimum atomic E-state index is -0.289. The molecule has 1 amide bonds. The summed E-state index contributed by atoms with van der Waals surface area (Å²) in [5.41, 5.74) is 7.70. The van der Waals surface area contributed by atoms with Gasteiger partial charge < -0.3 is 0 Å². The van der Waals surface area contributed by atoms with Gasteiger partial charge in [0.1, 0.15) is 0 Å². The van der Waals surface area contributed by atoms with Crippen LogP contribution < -0.4 is 35.9 Å². The summed E-state index contributed by atoms with van der Waals surface area (Å²) in [6.45, 7) is 4.61. The third-order valence-corrected chi connectivity index (χ3v) is 5.31. The number of hydrogen-bond acceptors (Lipinski definition) is 4. The number of halogens is 1. The van der Waals surface area contributed by atoms with Crippen molar-refractivity contribution in [3.05, 3.63) is 23.8 Å². The predicted molar refractivity (Wildman–Crippen MR) is 92.3 cm³/mol. The number of ether oxygens (including phenoxy) is 1. The number of carbonyl (C=O) groups excluding carboxylic acids is 1. The van der Waals surface area contributed by atoms with Gasteiger partial charge in [-0.15, -0.1) is 0 Å². The molecule has 7 heteroatoms. The van der Waals surface area contributed by atoms with Crippen LogP contribution in [0.15, 0.2) is 18.2 Å². The predicted octanol–water partition coefficient (Wildman–Crippen LogP) is -2.27. The molecule has 0 saturated heterocycles. The second-order valence-electron chi connectivity index (χ2n) is 6.37. The number of alkyl halides is 1. The van der Waals surface area contributed by atoms with Gasteiger partial charge in [0.25, 0.3) is 0 Å². The SMILES string of the molecule is [B][I-]CCOc1ccc2c(c1)N(C)[C@H](C(C)C)C(=O)N[C@@H](CO)C2. The van der Waals surface area contributed by atoms with Gasteiger partial charge in [0.05, 0.1) is 0 Å². The molecule has 0 fully saturated rings. The number of nitrogens with zero attached hydrogens (tertiary/aromatic N) is 1. The van der Waals surface area contributed by atoms with E-state index in [-0.39, 0.29) is 51.5 Å². The van der Waals surface area contributed by atoms with Crippen molar-refractivity contribution in [1.82, 2.24) is 5.32 Å². The molecule has 5 nitrogen and oxygen atoms in total. The van der Waals surface area contributed by atoms with Crippen molar-refractivity contribution in [2.24, 2.45) is 5.92 Å². The second kappa shape index (κ2) is 8.94. The molecule has 2 atom stereocenters. The first kappa shape index (κ1) is 19.4. The van der Waals surface area contributed by atoms with E-state index in [1.54, 1.807) is 0 Å². The number of fused-ring (bicyclic) bond motifs is 1. The Morgan fingerprint density at radius 1 is 1.50 bits per heavy atom. The van der Waals surface area contributed by atoms with E-state index >= 15 is 0 Å². The third-order valence-electron chi connectivity index (χ3n) is 4.24. The molecule has 2 N–H and O–H groups in total. The Morgan fingerprint density at radius 2 is 2.25 bits per heavy atom. The molecule has 132 valence electrons. The number of rotatable bonds is 6. The van der Waals surface area contributed by atoms with Gasteiger partial charge in [0.2, 0.25) is 0 Å². The van der Waals surface area contributed by atoms with Crippen LogP contribution in [0.3, 0.4) is 0 Å². The summed E-state index contributed by atoms with van der Waals surface area (Å²) in [5, 5.41) is 12.5. The van der Waals surface area contributed by atoms with Crippen LogP contribution in [0, 0.1) is 5.92 Å². The number of anilines is 1. The maximum atomic E-state index is 12.6. The summed E-state index contributed by atoms with van der Waals surface area (Å²) in [7, 11) is 1.94.